The molecule has 1 fully saturated rings. The first-order chi connectivity index (χ1) is 7.09. The van der Waals surface area contributed by atoms with E-state index in [1.165, 1.54) is 6.07 Å². The molecule has 0 unspecified atom stereocenters. The van der Waals surface area contributed by atoms with E-state index in [1.54, 1.807) is 0 Å². The van der Waals surface area contributed by atoms with Crippen molar-refractivity contribution in [1.82, 2.24) is 0 Å². The van der Waals surface area contributed by atoms with E-state index in [2.05, 4.69) is 0 Å². The summed E-state index contributed by atoms with van der Waals surface area (Å²) in [5.41, 5.74) is 6.10. The number of benzene rings is 1. The summed E-state index contributed by atoms with van der Waals surface area (Å²) < 4.78 is 25.7. The van der Waals surface area contributed by atoms with Crippen molar-refractivity contribution in [3.8, 4) is 5.75 Å². The molecule has 4 heteroatoms. The van der Waals surface area contributed by atoms with Crippen molar-refractivity contribution in [2.24, 2.45) is 11.7 Å². The summed E-state index contributed by atoms with van der Waals surface area (Å²) >= 11 is 0. The highest BCUT2D eigenvalue weighted by Gasteiger charge is 2.26. The van der Waals surface area contributed by atoms with Gasteiger partial charge in [0.1, 0.15) is 0 Å². The molecule has 2 rings (SSSR count). The zero-order chi connectivity index (χ0) is 11.0. The normalized spacial score (nSPS) is 17.8. The van der Waals surface area contributed by atoms with Gasteiger partial charge >= 0.3 is 0 Å². The zero-order valence-electron chi connectivity index (χ0n) is 8.21. The summed E-state index contributed by atoms with van der Waals surface area (Å²) in [4.78, 5) is 0. The monoisotopic (exact) mass is 213 g/mol. The van der Waals surface area contributed by atoms with Crippen molar-refractivity contribution in [2.45, 2.75) is 25.3 Å². The molecule has 1 aliphatic carbocycles. The Morgan fingerprint density at radius 3 is 2.67 bits per heavy atom. The molecule has 1 atom stereocenters. The Labute approximate surface area is 86.7 Å². The topological polar surface area (TPSA) is 46.2 Å². The van der Waals surface area contributed by atoms with Crippen LogP contribution in [0.2, 0.25) is 0 Å². The molecule has 1 aromatic rings. The fraction of sp³-hybridized carbons (Fsp3) is 0.455. The molecule has 0 amide bonds. The average molecular weight is 213 g/mol. The van der Waals surface area contributed by atoms with E-state index in [4.69, 9.17) is 5.73 Å². The first kappa shape index (κ1) is 10.4. The van der Waals surface area contributed by atoms with Crippen LogP contribution >= 0.6 is 0 Å². The van der Waals surface area contributed by atoms with Gasteiger partial charge in [0.05, 0.1) is 0 Å². The maximum absolute atomic E-state index is 13.0. The summed E-state index contributed by atoms with van der Waals surface area (Å²) in [6.45, 7) is 0. The SMILES string of the molecule is N[C@@H](CC1CC1)c1ccc(F)c(F)c1O. The van der Waals surface area contributed by atoms with Gasteiger partial charge in [-0.3, -0.25) is 0 Å². The molecule has 0 bridgehead atoms. The summed E-state index contributed by atoms with van der Waals surface area (Å²) in [7, 11) is 0. The Kier molecular flexibility index (Phi) is 2.61. The number of hydrogen-bond donors (Lipinski definition) is 2. The predicted molar refractivity (Wildman–Crippen MR) is 52.3 cm³/mol. The Bertz CT molecular complexity index is 377. The van der Waals surface area contributed by atoms with Gasteiger partial charge in [-0.15, -0.1) is 0 Å². The second-order valence-corrected chi connectivity index (χ2v) is 4.08. The third-order valence-electron chi connectivity index (χ3n) is 2.78. The molecule has 0 aromatic heterocycles. The standard InChI is InChI=1S/C11H13F2NO/c12-8-4-3-7(11(15)10(8)13)9(14)5-6-1-2-6/h3-4,6,9,15H,1-2,5,14H2/t9-/m0/s1. The Morgan fingerprint density at radius 1 is 1.40 bits per heavy atom. The number of hydrogen-bond acceptors (Lipinski definition) is 2. The number of aromatic hydroxyl groups is 1. The van der Waals surface area contributed by atoms with Gasteiger partial charge in [0.2, 0.25) is 5.82 Å². The molecule has 1 aromatic carbocycles. The summed E-state index contributed by atoms with van der Waals surface area (Å²) in [5, 5.41) is 9.39. The predicted octanol–water partition coefficient (Wildman–Crippen LogP) is 2.47. The Balaban J connectivity index is 2.22. The van der Waals surface area contributed by atoms with Crippen LogP contribution in [0, 0.1) is 17.6 Å². The number of nitrogens with two attached hydrogens (primary N) is 1. The quantitative estimate of drug-likeness (QED) is 0.810. The van der Waals surface area contributed by atoms with Gasteiger partial charge in [-0.2, -0.15) is 4.39 Å². The smallest absolute Gasteiger partial charge is 0.200 e. The van der Waals surface area contributed by atoms with E-state index >= 15 is 0 Å². The van der Waals surface area contributed by atoms with Gasteiger partial charge < -0.3 is 10.8 Å². The van der Waals surface area contributed by atoms with E-state index in [9.17, 15) is 13.9 Å². The minimum Gasteiger partial charge on any atom is -0.505 e. The molecule has 0 radical (unpaired) electrons. The molecule has 3 N–H and O–H groups in total. The number of rotatable bonds is 3. The molecule has 0 saturated heterocycles. The molecule has 0 aliphatic heterocycles. The lowest BCUT2D eigenvalue weighted by atomic mass is 10.0. The van der Waals surface area contributed by atoms with E-state index in [-0.39, 0.29) is 0 Å². The van der Waals surface area contributed by atoms with E-state index in [0.29, 0.717) is 11.5 Å². The minimum absolute atomic E-state index is 0.292. The lowest BCUT2D eigenvalue weighted by molar-refractivity contribution is 0.394. The largest absolute Gasteiger partial charge is 0.505 e. The highest BCUT2D eigenvalue weighted by Crippen LogP contribution is 2.39. The first-order valence-electron chi connectivity index (χ1n) is 5.02. The van der Waals surface area contributed by atoms with Crippen molar-refractivity contribution >= 4 is 0 Å². The van der Waals surface area contributed by atoms with Crippen LogP contribution in [-0.2, 0) is 0 Å². The van der Waals surface area contributed by atoms with Gasteiger partial charge in [-0.1, -0.05) is 18.9 Å². The van der Waals surface area contributed by atoms with Crippen molar-refractivity contribution in [2.75, 3.05) is 0 Å². The van der Waals surface area contributed by atoms with Crippen molar-refractivity contribution in [3.63, 3.8) is 0 Å². The van der Waals surface area contributed by atoms with Gasteiger partial charge in [-0.05, 0) is 18.4 Å². The minimum atomic E-state index is -1.21. The molecular weight excluding hydrogens is 200 g/mol. The van der Waals surface area contributed by atoms with E-state index < -0.39 is 23.4 Å². The number of phenolic OH excluding ortho intramolecular Hbond substituents is 1. The van der Waals surface area contributed by atoms with Crippen LogP contribution in [0.4, 0.5) is 8.78 Å². The van der Waals surface area contributed by atoms with Crippen molar-refractivity contribution in [3.05, 3.63) is 29.3 Å². The van der Waals surface area contributed by atoms with Crippen LogP contribution in [0.25, 0.3) is 0 Å². The third kappa shape index (κ3) is 2.09. The molecule has 2 nitrogen and oxygen atoms in total. The fourth-order valence-electron chi connectivity index (χ4n) is 1.69. The van der Waals surface area contributed by atoms with Gasteiger partial charge in [-0.25, -0.2) is 4.39 Å². The Hall–Kier alpha value is -1.16. The van der Waals surface area contributed by atoms with Gasteiger partial charge in [0, 0.05) is 11.6 Å². The number of halogens is 2. The lowest BCUT2D eigenvalue weighted by Crippen LogP contribution is -2.12. The first-order valence-corrected chi connectivity index (χ1v) is 5.02. The van der Waals surface area contributed by atoms with Crippen LogP contribution in [0.1, 0.15) is 30.9 Å². The fourth-order valence-corrected chi connectivity index (χ4v) is 1.69. The Morgan fingerprint density at radius 2 is 2.07 bits per heavy atom. The maximum Gasteiger partial charge on any atom is 0.200 e. The third-order valence-corrected chi connectivity index (χ3v) is 2.78. The average Bonchev–Trinajstić information content (AvgIpc) is 2.98. The van der Waals surface area contributed by atoms with Crippen LogP contribution < -0.4 is 5.73 Å². The molecule has 82 valence electrons. The maximum atomic E-state index is 13.0. The van der Waals surface area contributed by atoms with Crippen LogP contribution in [-0.4, -0.2) is 5.11 Å². The molecular formula is C11H13F2NO. The summed E-state index contributed by atoms with van der Waals surface area (Å²) in [6.07, 6.45) is 2.99. The second kappa shape index (κ2) is 3.77. The molecule has 0 heterocycles. The molecule has 0 spiro atoms. The molecule has 1 aliphatic rings. The van der Waals surface area contributed by atoms with Gasteiger partial charge in [0.25, 0.3) is 0 Å². The van der Waals surface area contributed by atoms with E-state index in [0.717, 1.165) is 25.3 Å². The molecule has 15 heavy (non-hydrogen) atoms. The number of phenols is 1. The van der Waals surface area contributed by atoms with Crippen LogP contribution in [0.5, 0.6) is 5.75 Å². The van der Waals surface area contributed by atoms with Crippen LogP contribution in [0.15, 0.2) is 12.1 Å². The van der Waals surface area contributed by atoms with E-state index in [1.807, 2.05) is 0 Å². The molecule has 1 saturated carbocycles. The summed E-state index contributed by atoms with van der Waals surface area (Å²) in [5.74, 6) is -2.33. The van der Waals surface area contributed by atoms with Gasteiger partial charge in [0.15, 0.2) is 11.6 Å². The van der Waals surface area contributed by atoms with Crippen molar-refractivity contribution in [1.29, 1.82) is 0 Å². The lowest BCUT2D eigenvalue weighted by Gasteiger charge is -2.13. The highest BCUT2D eigenvalue weighted by atomic mass is 19.2. The highest BCUT2D eigenvalue weighted by molar-refractivity contribution is 5.36. The van der Waals surface area contributed by atoms with Crippen molar-refractivity contribution < 1.29 is 13.9 Å². The van der Waals surface area contributed by atoms with Crippen LogP contribution in [0.3, 0.4) is 0 Å². The summed E-state index contributed by atoms with van der Waals surface area (Å²) in [6, 6.07) is 1.94. The zero-order valence-corrected chi connectivity index (χ0v) is 8.21. The second-order valence-electron chi connectivity index (χ2n) is 4.08.